The van der Waals surface area contributed by atoms with Crippen molar-refractivity contribution in [1.29, 1.82) is 0 Å². The summed E-state index contributed by atoms with van der Waals surface area (Å²) in [5, 5.41) is 26.3. The third-order valence-electron chi connectivity index (χ3n) is 13.3. The molecule has 9 rings (SSSR count). The molecule has 0 aliphatic carbocycles. The molecule has 5 heterocycles. The van der Waals surface area contributed by atoms with Gasteiger partial charge in [0, 0.05) is 137 Å². The minimum Gasteiger partial charge on any atom is -0.395 e. The average Bonchev–Trinajstić information content (AvgIpc) is 4.25. The number of thiazole rings is 1. The van der Waals surface area contributed by atoms with Crippen LogP contribution in [-0.4, -0.2) is 163 Å². The molecule has 0 amide bonds. The van der Waals surface area contributed by atoms with Gasteiger partial charge in [0.25, 0.3) is 0 Å². The van der Waals surface area contributed by atoms with Crippen LogP contribution in [0.1, 0.15) is 65.6 Å². The van der Waals surface area contributed by atoms with Crippen molar-refractivity contribution in [3.05, 3.63) is 113 Å². The second kappa shape index (κ2) is 32.1. The molecule has 1 unspecified atom stereocenters. The predicted octanol–water partition coefficient (Wildman–Crippen LogP) is 8.54. The number of Topliss-reactive ketones (excluding diaryl/α,β-unsaturated/α-hetero) is 1. The SMILES string of the molecule is C.CCSC(N)=NC(=S)Nc1ccc(N2CCN(CCO)CC2)cc1.Nc1nc(Nc2ccc(N3CCN(CCO)CC3)cc2)sc1C(=O)c1ccc(N2CCCC2)cc1.O=C(CBr)c1ccc(N2CCCC2)cc1.P. The lowest BCUT2D eigenvalue weighted by Crippen LogP contribution is -2.47. The first-order chi connectivity index (χ1) is 36.0. The van der Waals surface area contributed by atoms with Crippen molar-refractivity contribution in [2.45, 2.75) is 40.0 Å². The van der Waals surface area contributed by atoms with Gasteiger partial charge in [-0.3, -0.25) is 19.4 Å². The Labute approximate surface area is 475 Å². The Morgan fingerprint density at radius 2 is 1.08 bits per heavy atom. The topological polar surface area (TPSA) is 195 Å². The van der Waals surface area contributed by atoms with E-state index in [9.17, 15) is 9.59 Å². The van der Waals surface area contributed by atoms with Gasteiger partial charge in [-0.15, -0.1) is 0 Å². The molecule has 0 saturated carbocycles. The first-order valence-electron chi connectivity index (χ1n) is 25.6. The minimum atomic E-state index is -0.100. The summed E-state index contributed by atoms with van der Waals surface area (Å²) in [7, 11) is 0. The second-order valence-corrected chi connectivity index (χ2v) is 21.5. The van der Waals surface area contributed by atoms with Gasteiger partial charge in [-0.1, -0.05) is 53.4 Å². The fraction of sp³-hybridized carbons (Fsp3) is 0.436. The monoisotopic (exact) mass is 1180 g/mol. The van der Waals surface area contributed by atoms with Crippen LogP contribution in [-0.2, 0) is 0 Å². The smallest absolute Gasteiger partial charge is 0.206 e. The van der Waals surface area contributed by atoms with Gasteiger partial charge in [-0.2, -0.15) is 14.9 Å². The van der Waals surface area contributed by atoms with Gasteiger partial charge in [0.05, 0.1) is 18.5 Å². The number of nitrogens with zero attached hydrogens (tertiary/aromatic N) is 8. The van der Waals surface area contributed by atoms with Crippen LogP contribution in [0.4, 0.5) is 45.1 Å². The number of thiocarbonyl (C=S) groups is 1. The largest absolute Gasteiger partial charge is 0.395 e. The summed E-state index contributed by atoms with van der Waals surface area (Å²) in [6.45, 7) is 16.1. The zero-order chi connectivity index (χ0) is 52.2. The molecular weight excluding hydrogens is 1100 g/mol. The molecule has 4 fully saturated rings. The van der Waals surface area contributed by atoms with Crippen molar-refractivity contribution in [3.63, 3.8) is 0 Å². The molecule has 4 aliphatic rings. The number of ketones is 2. The number of aliphatic hydroxyl groups excluding tert-OH is 2. The van der Waals surface area contributed by atoms with E-state index in [0.717, 1.165) is 120 Å². The summed E-state index contributed by atoms with van der Waals surface area (Å²) in [4.78, 5) is 47.4. The lowest BCUT2D eigenvalue weighted by atomic mass is 10.1. The number of amidine groups is 1. The number of nitrogens with one attached hydrogen (secondary N) is 2. The van der Waals surface area contributed by atoms with Crippen LogP contribution >= 0.6 is 61.1 Å². The van der Waals surface area contributed by atoms with Crippen molar-refractivity contribution in [3.8, 4) is 0 Å². The van der Waals surface area contributed by atoms with E-state index in [0.29, 0.717) is 31.2 Å². The number of piperazine rings is 2. The maximum Gasteiger partial charge on any atom is 0.206 e. The molecule has 5 aromatic rings. The summed E-state index contributed by atoms with van der Waals surface area (Å²) in [6.07, 6.45) is 5.00. The highest BCUT2D eigenvalue weighted by Gasteiger charge is 2.21. The highest BCUT2D eigenvalue weighted by molar-refractivity contribution is 9.09. The molecule has 76 heavy (non-hydrogen) atoms. The van der Waals surface area contributed by atoms with Crippen LogP contribution in [0, 0.1) is 0 Å². The van der Waals surface area contributed by atoms with Gasteiger partial charge < -0.3 is 51.9 Å². The number of thioether (sulfide) groups is 1. The molecule has 4 aromatic carbocycles. The normalized spacial score (nSPS) is 15.9. The Balaban J connectivity index is 0.000000226. The number of β-amino-alcohol motifs (C(OH)–C–C–N with tert-alkyl or cyclic N) is 2. The Bertz CT molecular complexity index is 2570. The van der Waals surface area contributed by atoms with Crippen LogP contribution in [0.3, 0.4) is 0 Å². The van der Waals surface area contributed by atoms with E-state index >= 15 is 0 Å². The summed E-state index contributed by atoms with van der Waals surface area (Å²) in [5.41, 5.74) is 19.8. The van der Waals surface area contributed by atoms with Crippen LogP contribution in [0.5, 0.6) is 0 Å². The van der Waals surface area contributed by atoms with Crippen LogP contribution < -0.4 is 41.7 Å². The number of hydrogen-bond acceptors (Lipinski definition) is 16. The number of aromatic nitrogens is 1. The molecule has 1 atom stereocenters. The van der Waals surface area contributed by atoms with E-state index < -0.39 is 0 Å². The molecule has 0 radical (unpaired) electrons. The van der Waals surface area contributed by atoms with Gasteiger partial charge in [0.2, 0.25) is 5.78 Å². The number of aliphatic hydroxyl groups is 2. The van der Waals surface area contributed by atoms with E-state index in [2.05, 4.69) is 90.2 Å². The van der Waals surface area contributed by atoms with Crippen LogP contribution in [0.2, 0.25) is 0 Å². The maximum atomic E-state index is 13.1. The van der Waals surface area contributed by atoms with E-state index in [4.69, 9.17) is 33.9 Å². The number of halogens is 1. The van der Waals surface area contributed by atoms with Gasteiger partial charge >= 0.3 is 0 Å². The van der Waals surface area contributed by atoms with Crippen molar-refractivity contribution >= 4 is 128 Å². The fourth-order valence-corrected chi connectivity index (χ4v) is 11.1. The number of benzene rings is 4. The molecule has 1 aromatic heterocycles. The standard InChI is InChI=1S/C26H32N6O2S.C16H25N5OS2.C12H14BrNO.CH4.H3P/c27-25-24(23(34)19-3-7-21(8-4-19)31-11-1-2-12-31)35-26(29-25)28-20-5-9-22(10-6-20)32-15-13-30(14-16-32)17-18-33;1-2-24-15(17)19-16(23)18-13-3-5-14(6-4-13)21-9-7-20(8-10-21)11-12-22;13-9-12(15)10-3-5-11(6-4-10)14-7-1-2-8-14;;/h3-10,33H,1-2,11-18,27H2,(H,28,29);3-6,22H,2,7-12H2,1H3,(H3,17,18,19,23);3-6H,1-2,7-9H2;1H4;1H3. The first kappa shape index (κ1) is 62.0. The molecule has 16 nitrogen and oxygen atoms in total. The number of nitrogens with two attached hydrogens (primary N) is 2. The van der Waals surface area contributed by atoms with Crippen molar-refractivity contribution in [2.24, 2.45) is 10.7 Å². The number of rotatable bonds is 16. The molecule has 4 aliphatic heterocycles. The summed E-state index contributed by atoms with van der Waals surface area (Å²) in [5.74, 6) is 1.17. The maximum absolute atomic E-state index is 13.1. The van der Waals surface area contributed by atoms with E-state index in [1.807, 2.05) is 79.7 Å². The number of anilines is 8. The van der Waals surface area contributed by atoms with Crippen molar-refractivity contribution in [1.82, 2.24) is 14.8 Å². The minimum absolute atomic E-state index is 0. The van der Waals surface area contributed by atoms with Crippen LogP contribution in [0.15, 0.2) is 102 Å². The molecule has 4 saturated heterocycles. The highest BCUT2D eigenvalue weighted by atomic mass is 79.9. The Kier molecular flexibility index (Phi) is 26.2. The molecule has 412 valence electrons. The van der Waals surface area contributed by atoms with E-state index in [-0.39, 0.29) is 47.9 Å². The number of alkyl halides is 1. The van der Waals surface area contributed by atoms with Gasteiger partial charge in [0.1, 0.15) is 10.7 Å². The molecule has 0 bridgehead atoms. The van der Waals surface area contributed by atoms with E-state index in [1.54, 1.807) is 0 Å². The number of carbonyl (C=O) groups is 2. The molecule has 0 spiro atoms. The molecular formula is C55H78BrN12O4PS3. The number of hydrogen-bond donors (Lipinski definition) is 6. The van der Waals surface area contributed by atoms with Crippen molar-refractivity contribution in [2.75, 3.05) is 152 Å². The lowest BCUT2D eigenvalue weighted by Gasteiger charge is -2.35. The Hall–Kier alpha value is -4.89. The third kappa shape index (κ3) is 18.4. The van der Waals surface area contributed by atoms with E-state index in [1.165, 1.54) is 65.8 Å². The summed E-state index contributed by atoms with van der Waals surface area (Å²) >= 11 is 11.1. The zero-order valence-electron chi connectivity index (χ0n) is 43.0. The summed E-state index contributed by atoms with van der Waals surface area (Å²) < 4.78 is 0. The van der Waals surface area contributed by atoms with Gasteiger partial charge in [-0.25, -0.2) is 4.98 Å². The quantitative estimate of drug-likeness (QED) is 0.0137. The zero-order valence-corrected chi connectivity index (χ0v) is 48.5. The lowest BCUT2D eigenvalue weighted by molar-refractivity contribution is 0.102. The first-order valence-corrected chi connectivity index (χ1v) is 28.9. The Morgan fingerprint density at radius 1 is 0.671 bits per heavy atom. The molecule has 21 heteroatoms. The van der Waals surface area contributed by atoms with Crippen LogP contribution in [0.25, 0.3) is 0 Å². The van der Waals surface area contributed by atoms with Gasteiger partial charge in [-0.05, 0) is 141 Å². The predicted molar refractivity (Wildman–Crippen MR) is 335 cm³/mol. The molecule has 8 N–H and O–H groups in total. The third-order valence-corrected chi connectivity index (χ3v) is 15.7. The number of aliphatic imine (C=N–C) groups is 1. The highest BCUT2D eigenvalue weighted by Crippen LogP contribution is 2.32. The second-order valence-electron chi connectivity index (χ2n) is 18.2. The number of carbonyl (C=O) groups excluding carboxylic acids is 2. The summed E-state index contributed by atoms with van der Waals surface area (Å²) in [6, 6.07) is 32.1. The fourth-order valence-electron chi connectivity index (χ4n) is 9.20. The average molecular weight is 1180 g/mol. The number of nitrogen functional groups attached to an aromatic ring is 1. The van der Waals surface area contributed by atoms with Gasteiger partial charge in [0.15, 0.2) is 21.2 Å². The van der Waals surface area contributed by atoms with Crippen molar-refractivity contribution < 1.29 is 19.8 Å². The Morgan fingerprint density at radius 3 is 1.50 bits per heavy atom.